The van der Waals surface area contributed by atoms with E-state index in [1.54, 1.807) is 0 Å². The summed E-state index contributed by atoms with van der Waals surface area (Å²) in [5.41, 5.74) is -0.306. The third kappa shape index (κ3) is 1.82. The van der Waals surface area contributed by atoms with Gasteiger partial charge in [-0.15, -0.1) is 0 Å². The number of fused-ring (bicyclic) bond motifs is 2. The van der Waals surface area contributed by atoms with Crippen molar-refractivity contribution in [1.82, 2.24) is 5.32 Å². The molecular weight excluding hydrogens is 174 g/mol. The molecule has 3 aliphatic rings. The SMILES string of the molecule is OC1(CCC2CC2)CC2CCC(C1)N2. The Morgan fingerprint density at radius 1 is 1.07 bits per heavy atom. The minimum Gasteiger partial charge on any atom is -0.390 e. The van der Waals surface area contributed by atoms with E-state index in [1.165, 1.54) is 32.1 Å². The number of nitrogens with one attached hydrogen (secondary N) is 1. The van der Waals surface area contributed by atoms with E-state index in [2.05, 4.69) is 5.32 Å². The zero-order valence-corrected chi connectivity index (χ0v) is 8.84. The second-order valence-electron chi connectivity index (χ2n) is 5.75. The Balaban J connectivity index is 1.58. The quantitative estimate of drug-likeness (QED) is 0.720. The molecule has 0 radical (unpaired) electrons. The van der Waals surface area contributed by atoms with Crippen molar-refractivity contribution < 1.29 is 5.11 Å². The normalized spacial score (nSPS) is 46.9. The van der Waals surface area contributed by atoms with Gasteiger partial charge < -0.3 is 10.4 Å². The lowest BCUT2D eigenvalue weighted by Gasteiger charge is -2.37. The molecule has 0 spiro atoms. The Bertz CT molecular complexity index is 212. The largest absolute Gasteiger partial charge is 0.390 e. The Labute approximate surface area is 86.1 Å². The fourth-order valence-electron chi connectivity index (χ4n) is 3.31. The van der Waals surface area contributed by atoms with Gasteiger partial charge in [-0.25, -0.2) is 0 Å². The van der Waals surface area contributed by atoms with Gasteiger partial charge in [0.15, 0.2) is 0 Å². The molecular formula is C12H21NO. The highest BCUT2D eigenvalue weighted by atomic mass is 16.3. The van der Waals surface area contributed by atoms with E-state index in [1.807, 2.05) is 0 Å². The van der Waals surface area contributed by atoms with E-state index in [0.717, 1.165) is 25.2 Å². The highest BCUT2D eigenvalue weighted by Gasteiger charge is 2.42. The van der Waals surface area contributed by atoms with Crippen molar-refractivity contribution in [3.05, 3.63) is 0 Å². The molecule has 1 aliphatic carbocycles. The summed E-state index contributed by atoms with van der Waals surface area (Å²) in [4.78, 5) is 0. The van der Waals surface area contributed by atoms with Crippen molar-refractivity contribution in [3.8, 4) is 0 Å². The molecule has 2 bridgehead atoms. The third-order valence-corrected chi connectivity index (χ3v) is 4.30. The maximum absolute atomic E-state index is 10.5. The van der Waals surface area contributed by atoms with Crippen molar-refractivity contribution in [1.29, 1.82) is 0 Å². The molecule has 14 heavy (non-hydrogen) atoms. The van der Waals surface area contributed by atoms with Crippen LogP contribution in [-0.4, -0.2) is 22.8 Å². The summed E-state index contributed by atoms with van der Waals surface area (Å²) in [7, 11) is 0. The maximum Gasteiger partial charge on any atom is 0.0677 e. The maximum atomic E-state index is 10.5. The molecule has 3 rings (SSSR count). The Hall–Kier alpha value is -0.0800. The van der Waals surface area contributed by atoms with E-state index in [9.17, 15) is 5.11 Å². The van der Waals surface area contributed by atoms with Crippen LogP contribution in [0.1, 0.15) is 51.4 Å². The van der Waals surface area contributed by atoms with Crippen LogP contribution in [0, 0.1) is 5.92 Å². The van der Waals surface area contributed by atoms with E-state index in [4.69, 9.17) is 0 Å². The summed E-state index contributed by atoms with van der Waals surface area (Å²) in [6, 6.07) is 1.25. The number of piperidine rings is 1. The highest BCUT2D eigenvalue weighted by molar-refractivity contribution is 5.00. The molecule has 2 nitrogen and oxygen atoms in total. The van der Waals surface area contributed by atoms with Gasteiger partial charge in [-0.1, -0.05) is 12.8 Å². The summed E-state index contributed by atoms with van der Waals surface area (Å²) in [6.45, 7) is 0. The summed E-state index contributed by atoms with van der Waals surface area (Å²) in [5, 5.41) is 14.1. The second-order valence-corrected chi connectivity index (χ2v) is 5.75. The number of hydrogen-bond donors (Lipinski definition) is 2. The smallest absolute Gasteiger partial charge is 0.0677 e. The number of hydrogen-bond acceptors (Lipinski definition) is 2. The fraction of sp³-hybridized carbons (Fsp3) is 1.00. The summed E-state index contributed by atoms with van der Waals surface area (Å²) in [5.74, 6) is 0.964. The number of aliphatic hydroxyl groups is 1. The van der Waals surface area contributed by atoms with Crippen molar-refractivity contribution in [2.75, 3.05) is 0 Å². The Morgan fingerprint density at radius 3 is 2.29 bits per heavy atom. The van der Waals surface area contributed by atoms with Crippen LogP contribution in [0.4, 0.5) is 0 Å². The molecule has 2 heterocycles. The van der Waals surface area contributed by atoms with Gasteiger partial charge in [0.05, 0.1) is 5.60 Å². The van der Waals surface area contributed by atoms with Gasteiger partial charge in [0.25, 0.3) is 0 Å². The molecule has 2 atom stereocenters. The fourth-order valence-corrected chi connectivity index (χ4v) is 3.31. The molecule has 3 fully saturated rings. The zero-order chi connectivity index (χ0) is 9.60. The molecule has 1 saturated carbocycles. The van der Waals surface area contributed by atoms with Crippen LogP contribution in [0.2, 0.25) is 0 Å². The zero-order valence-electron chi connectivity index (χ0n) is 8.84. The van der Waals surface area contributed by atoms with Crippen LogP contribution < -0.4 is 5.32 Å². The monoisotopic (exact) mass is 195 g/mol. The topological polar surface area (TPSA) is 32.3 Å². The lowest BCUT2D eigenvalue weighted by molar-refractivity contribution is -0.0166. The third-order valence-electron chi connectivity index (χ3n) is 4.30. The van der Waals surface area contributed by atoms with Gasteiger partial charge in [0.2, 0.25) is 0 Å². The van der Waals surface area contributed by atoms with Gasteiger partial charge in [0, 0.05) is 12.1 Å². The standard InChI is InChI=1S/C12H21NO/c14-12(6-5-9-1-2-9)7-10-3-4-11(8-12)13-10/h9-11,13-14H,1-8H2. The molecule has 2 unspecified atom stereocenters. The average Bonchev–Trinajstić information content (AvgIpc) is 2.90. The molecule has 0 aromatic heterocycles. The van der Waals surface area contributed by atoms with Crippen molar-refractivity contribution >= 4 is 0 Å². The van der Waals surface area contributed by atoms with E-state index in [-0.39, 0.29) is 5.60 Å². The second kappa shape index (κ2) is 3.21. The van der Waals surface area contributed by atoms with Gasteiger partial charge in [-0.3, -0.25) is 0 Å². The lowest BCUT2D eigenvalue weighted by Crippen LogP contribution is -2.48. The predicted molar refractivity (Wildman–Crippen MR) is 56.1 cm³/mol. The van der Waals surface area contributed by atoms with E-state index >= 15 is 0 Å². The molecule has 2 saturated heterocycles. The molecule has 0 aromatic rings. The molecule has 2 N–H and O–H groups in total. The minimum atomic E-state index is -0.306. The van der Waals surface area contributed by atoms with Crippen LogP contribution in [-0.2, 0) is 0 Å². The van der Waals surface area contributed by atoms with E-state index in [0.29, 0.717) is 12.1 Å². The molecule has 2 aliphatic heterocycles. The molecule has 80 valence electrons. The summed E-state index contributed by atoms with van der Waals surface area (Å²) in [6.07, 6.45) is 9.77. The highest BCUT2D eigenvalue weighted by Crippen LogP contribution is 2.41. The summed E-state index contributed by atoms with van der Waals surface area (Å²) < 4.78 is 0. The summed E-state index contributed by atoms with van der Waals surface area (Å²) >= 11 is 0. The van der Waals surface area contributed by atoms with Crippen molar-refractivity contribution in [2.45, 2.75) is 69.1 Å². The first-order valence-electron chi connectivity index (χ1n) is 6.22. The minimum absolute atomic E-state index is 0.306. The van der Waals surface area contributed by atoms with Crippen molar-refractivity contribution in [2.24, 2.45) is 5.92 Å². The molecule has 2 heteroatoms. The van der Waals surface area contributed by atoms with Gasteiger partial charge in [-0.05, 0) is 44.4 Å². The van der Waals surface area contributed by atoms with Gasteiger partial charge in [0.1, 0.15) is 0 Å². The van der Waals surface area contributed by atoms with Gasteiger partial charge >= 0.3 is 0 Å². The van der Waals surface area contributed by atoms with Crippen molar-refractivity contribution in [3.63, 3.8) is 0 Å². The van der Waals surface area contributed by atoms with Crippen LogP contribution in [0.3, 0.4) is 0 Å². The predicted octanol–water partition coefficient (Wildman–Crippen LogP) is 1.82. The average molecular weight is 195 g/mol. The van der Waals surface area contributed by atoms with Crippen LogP contribution in [0.5, 0.6) is 0 Å². The first-order chi connectivity index (χ1) is 6.73. The first-order valence-corrected chi connectivity index (χ1v) is 6.22. The lowest BCUT2D eigenvalue weighted by atomic mass is 9.83. The van der Waals surface area contributed by atoms with Gasteiger partial charge in [-0.2, -0.15) is 0 Å². The number of rotatable bonds is 3. The van der Waals surface area contributed by atoms with Crippen LogP contribution in [0.25, 0.3) is 0 Å². The van der Waals surface area contributed by atoms with Crippen LogP contribution in [0.15, 0.2) is 0 Å². The molecule has 0 amide bonds. The van der Waals surface area contributed by atoms with Crippen LogP contribution >= 0.6 is 0 Å². The van der Waals surface area contributed by atoms with E-state index < -0.39 is 0 Å². The Kier molecular flexibility index (Phi) is 2.10. The molecule has 0 aromatic carbocycles. The Morgan fingerprint density at radius 2 is 1.71 bits per heavy atom. The first kappa shape index (κ1) is 9.17.